The van der Waals surface area contributed by atoms with Crippen LogP contribution in [-0.4, -0.2) is 39.2 Å². The molecule has 9 nitrogen and oxygen atoms in total. The lowest BCUT2D eigenvalue weighted by atomic mass is 10.1. The fourth-order valence-electron chi connectivity index (χ4n) is 3.31. The van der Waals surface area contributed by atoms with Crippen LogP contribution in [0.25, 0.3) is 22.7 Å². The Morgan fingerprint density at radius 2 is 1.82 bits per heavy atom. The molecule has 2 heterocycles. The van der Waals surface area contributed by atoms with Gasteiger partial charge >= 0.3 is 12.0 Å². The number of carboxylic acid groups (broad SMARTS) is 1. The molecular weight excluding hydrogens is 462 g/mol. The number of ether oxygens (including phenoxy) is 3. The molecule has 0 amide bonds. The van der Waals surface area contributed by atoms with Crippen molar-refractivity contribution in [2.75, 3.05) is 13.2 Å². The van der Waals surface area contributed by atoms with Gasteiger partial charge in [0.15, 0.2) is 12.1 Å². The number of oxazole rings is 1. The van der Waals surface area contributed by atoms with Gasteiger partial charge < -0.3 is 23.7 Å². The summed E-state index contributed by atoms with van der Waals surface area (Å²) in [6.45, 7) is 5.62. The van der Waals surface area contributed by atoms with Crippen molar-refractivity contribution < 1.29 is 28.5 Å². The monoisotopic (exact) mass is 483 g/mol. The zero-order valence-electron chi connectivity index (χ0n) is 18.8. The summed E-state index contributed by atoms with van der Waals surface area (Å²) < 4.78 is 22.9. The van der Waals surface area contributed by atoms with E-state index < -0.39 is 12.6 Å². The highest BCUT2D eigenvalue weighted by Crippen LogP contribution is 2.35. The zero-order valence-corrected chi connectivity index (χ0v) is 19.5. The molecule has 2 aromatic heterocycles. The lowest BCUT2D eigenvalue weighted by Gasteiger charge is -2.11. The molecule has 34 heavy (non-hydrogen) atoms. The van der Waals surface area contributed by atoms with Gasteiger partial charge in [0.2, 0.25) is 5.89 Å². The number of carbonyl (C=O) groups is 1. The SMILES string of the molecule is CCCOc1nc(Oc2ccccc2Cl)nc2oc(-c3cc(C)c(OCC(=O)O)c(C)c3)nc12. The van der Waals surface area contributed by atoms with Crippen LogP contribution in [0.15, 0.2) is 40.8 Å². The first-order valence-electron chi connectivity index (χ1n) is 10.6. The van der Waals surface area contributed by atoms with Gasteiger partial charge in [0.1, 0.15) is 11.5 Å². The normalized spacial score (nSPS) is 10.9. The number of hydrogen-bond donors (Lipinski definition) is 1. The Morgan fingerprint density at radius 1 is 1.09 bits per heavy atom. The largest absolute Gasteiger partial charge is 0.481 e. The van der Waals surface area contributed by atoms with E-state index in [1.54, 1.807) is 36.4 Å². The molecule has 0 aliphatic carbocycles. The van der Waals surface area contributed by atoms with Gasteiger partial charge in [-0.05, 0) is 55.7 Å². The van der Waals surface area contributed by atoms with E-state index >= 15 is 0 Å². The number of aliphatic carboxylic acids is 1. The summed E-state index contributed by atoms with van der Waals surface area (Å²) in [7, 11) is 0. The van der Waals surface area contributed by atoms with Crippen LogP contribution in [0.5, 0.6) is 23.4 Å². The molecule has 10 heteroatoms. The summed E-state index contributed by atoms with van der Waals surface area (Å²) >= 11 is 6.19. The number of nitrogens with zero attached hydrogens (tertiary/aromatic N) is 3. The molecule has 2 aromatic carbocycles. The molecule has 0 aliphatic rings. The van der Waals surface area contributed by atoms with E-state index in [-0.39, 0.29) is 17.6 Å². The van der Waals surface area contributed by atoms with Gasteiger partial charge in [-0.1, -0.05) is 30.7 Å². The number of rotatable bonds is 9. The maximum Gasteiger partial charge on any atom is 0.341 e. The van der Waals surface area contributed by atoms with Crippen molar-refractivity contribution in [3.63, 3.8) is 0 Å². The van der Waals surface area contributed by atoms with E-state index in [4.69, 9.17) is 35.3 Å². The number of aromatic nitrogens is 3. The van der Waals surface area contributed by atoms with Crippen LogP contribution < -0.4 is 14.2 Å². The Morgan fingerprint density at radius 3 is 2.50 bits per heavy atom. The number of halogens is 1. The quantitative estimate of drug-likeness (QED) is 0.324. The maximum atomic E-state index is 10.9. The third-order valence-corrected chi connectivity index (χ3v) is 5.05. The standard InChI is InChI=1S/C24H22ClN3O6/c1-4-9-31-22-19-23(28-24(27-22)33-17-8-6-5-7-16(17)25)34-21(26-19)15-10-13(2)20(14(3)11-15)32-12-18(29)30/h5-8,10-11H,4,9,12H2,1-3H3,(H,29,30). The Balaban J connectivity index is 1.73. The summed E-state index contributed by atoms with van der Waals surface area (Å²) in [5.41, 5.74) is 2.71. The Hall–Kier alpha value is -3.85. The average molecular weight is 484 g/mol. The topological polar surface area (TPSA) is 117 Å². The second kappa shape index (κ2) is 9.96. The second-order valence-corrected chi connectivity index (χ2v) is 7.89. The third-order valence-electron chi connectivity index (χ3n) is 4.73. The molecule has 0 saturated heterocycles. The molecule has 0 saturated carbocycles. The predicted octanol–water partition coefficient (Wildman–Crippen LogP) is 5.60. The van der Waals surface area contributed by atoms with Crippen LogP contribution in [0.3, 0.4) is 0 Å². The third kappa shape index (κ3) is 5.04. The fraction of sp³-hybridized carbons (Fsp3) is 0.250. The van der Waals surface area contributed by atoms with Crippen LogP contribution in [0.2, 0.25) is 5.02 Å². The van der Waals surface area contributed by atoms with E-state index in [0.29, 0.717) is 40.1 Å². The molecule has 0 atom stereocenters. The van der Waals surface area contributed by atoms with Crippen molar-refractivity contribution in [3.05, 3.63) is 52.5 Å². The molecule has 0 fully saturated rings. The molecule has 0 unspecified atom stereocenters. The molecule has 1 N–H and O–H groups in total. The number of para-hydroxylation sites is 1. The predicted molar refractivity (Wildman–Crippen MR) is 125 cm³/mol. The average Bonchev–Trinajstić information content (AvgIpc) is 3.22. The Labute approximate surface area is 200 Å². The van der Waals surface area contributed by atoms with E-state index in [2.05, 4.69) is 15.0 Å². The van der Waals surface area contributed by atoms with Crippen molar-refractivity contribution in [1.29, 1.82) is 0 Å². The van der Waals surface area contributed by atoms with E-state index in [9.17, 15) is 4.79 Å². The lowest BCUT2D eigenvalue weighted by Crippen LogP contribution is -2.10. The number of fused-ring (bicyclic) bond motifs is 1. The summed E-state index contributed by atoms with van der Waals surface area (Å²) in [5.74, 6) is 0.391. The minimum absolute atomic E-state index is 0.0131. The lowest BCUT2D eigenvalue weighted by molar-refractivity contribution is -0.139. The number of benzene rings is 2. The highest BCUT2D eigenvalue weighted by molar-refractivity contribution is 6.32. The zero-order chi connectivity index (χ0) is 24.2. The van der Waals surface area contributed by atoms with Gasteiger partial charge in [-0.2, -0.15) is 9.97 Å². The van der Waals surface area contributed by atoms with Gasteiger partial charge in [0.25, 0.3) is 11.6 Å². The smallest absolute Gasteiger partial charge is 0.341 e. The van der Waals surface area contributed by atoms with Crippen molar-refractivity contribution in [2.24, 2.45) is 0 Å². The maximum absolute atomic E-state index is 10.9. The van der Waals surface area contributed by atoms with Crippen LogP contribution in [-0.2, 0) is 4.79 Å². The first-order chi connectivity index (χ1) is 16.4. The minimum atomic E-state index is -1.05. The molecule has 0 aliphatic heterocycles. The van der Waals surface area contributed by atoms with Crippen molar-refractivity contribution in [2.45, 2.75) is 27.2 Å². The highest BCUT2D eigenvalue weighted by atomic mass is 35.5. The first-order valence-corrected chi connectivity index (χ1v) is 10.9. The molecule has 4 aromatic rings. The minimum Gasteiger partial charge on any atom is -0.481 e. The van der Waals surface area contributed by atoms with E-state index in [1.165, 1.54) is 0 Å². The number of aryl methyl sites for hydroxylation is 2. The highest BCUT2D eigenvalue weighted by Gasteiger charge is 2.20. The molecule has 4 rings (SSSR count). The first kappa shape index (κ1) is 23.3. The van der Waals surface area contributed by atoms with E-state index in [0.717, 1.165) is 17.5 Å². The Bertz CT molecular complexity index is 1330. The molecular formula is C24H22ClN3O6. The van der Waals surface area contributed by atoms with Gasteiger partial charge in [0, 0.05) is 5.56 Å². The molecule has 176 valence electrons. The van der Waals surface area contributed by atoms with Crippen molar-refractivity contribution in [3.8, 4) is 34.8 Å². The van der Waals surface area contributed by atoms with Crippen LogP contribution in [0, 0.1) is 13.8 Å². The summed E-state index contributed by atoms with van der Waals surface area (Å²) in [5, 5.41) is 9.31. The van der Waals surface area contributed by atoms with Crippen molar-refractivity contribution in [1.82, 2.24) is 15.0 Å². The fourth-order valence-corrected chi connectivity index (χ4v) is 3.48. The van der Waals surface area contributed by atoms with Crippen LogP contribution in [0.1, 0.15) is 24.5 Å². The van der Waals surface area contributed by atoms with Gasteiger partial charge in [-0.25, -0.2) is 9.78 Å². The number of hydrogen-bond acceptors (Lipinski definition) is 8. The molecule has 0 bridgehead atoms. The molecule has 0 spiro atoms. The molecule has 0 radical (unpaired) electrons. The van der Waals surface area contributed by atoms with E-state index in [1.807, 2.05) is 20.8 Å². The van der Waals surface area contributed by atoms with Crippen LogP contribution >= 0.6 is 11.6 Å². The van der Waals surface area contributed by atoms with Gasteiger partial charge in [0.05, 0.1) is 11.6 Å². The second-order valence-electron chi connectivity index (χ2n) is 7.49. The van der Waals surface area contributed by atoms with Gasteiger partial charge in [-0.15, -0.1) is 0 Å². The summed E-state index contributed by atoms with van der Waals surface area (Å²) in [4.78, 5) is 24.1. The van der Waals surface area contributed by atoms with Gasteiger partial charge in [-0.3, -0.25) is 0 Å². The Kier molecular flexibility index (Phi) is 6.83. The van der Waals surface area contributed by atoms with Crippen LogP contribution in [0.4, 0.5) is 0 Å². The van der Waals surface area contributed by atoms with Crippen molar-refractivity contribution >= 4 is 28.8 Å². The number of carboxylic acids is 1. The summed E-state index contributed by atoms with van der Waals surface area (Å²) in [6.07, 6.45) is 0.771. The summed E-state index contributed by atoms with van der Waals surface area (Å²) in [6, 6.07) is 10.6.